The second-order valence-electron chi connectivity index (χ2n) is 10.7. The fraction of sp³-hybridized carbons (Fsp3) is 0.769. The highest BCUT2D eigenvalue weighted by atomic mass is 79.9. The molecule has 170 valence electrons. The van der Waals surface area contributed by atoms with Crippen LogP contribution in [0.4, 0.5) is 0 Å². The fourth-order valence-electron chi connectivity index (χ4n) is 7.83. The fourth-order valence-corrected chi connectivity index (χ4v) is 7.83. The number of hydrogen-bond donors (Lipinski definition) is 0. The Bertz CT molecular complexity index is 709. The summed E-state index contributed by atoms with van der Waals surface area (Å²) in [6.07, 6.45) is 7.88. The minimum atomic E-state index is 0. The number of quaternary nitrogens is 1. The maximum atomic E-state index is 6.77. The first-order valence-electron chi connectivity index (χ1n) is 12.0. The van der Waals surface area contributed by atoms with E-state index in [1.54, 1.807) is 7.11 Å². The van der Waals surface area contributed by atoms with Gasteiger partial charge >= 0.3 is 0 Å². The molecule has 4 heteroatoms. The van der Waals surface area contributed by atoms with E-state index in [0.717, 1.165) is 30.7 Å². The predicted molar refractivity (Wildman–Crippen MR) is 119 cm³/mol. The Morgan fingerprint density at radius 3 is 2.47 bits per heavy atom. The third kappa shape index (κ3) is 3.75. The first kappa shape index (κ1) is 24.1. The zero-order chi connectivity index (χ0) is 20.7. The molecule has 1 aliphatic carbocycles. The van der Waals surface area contributed by atoms with Crippen molar-refractivity contribution in [1.29, 1.82) is 0 Å². The lowest BCUT2D eigenvalue weighted by Crippen LogP contribution is -3.00. The standard InChI is InChI=1S/C26H42NO2.BrH/c1-6-7-8-9-16-29-25(3)19-27(18-21-10-12-22(28-5)13-11-21)17-20(2)23-14-15-24(25)26(23,27)4;/h10-13,20,23-24H,6-9,14-19H2,1-5H3;1H/q+1;/p-1/t20-,23+,24-,25-,26-,27-;/m1./s1. The van der Waals surface area contributed by atoms with Crippen LogP contribution in [0.2, 0.25) is 0 Å². The van der Waals surface area contributed by atoms with Gasteiger partial charge in [0.1, 0.15) is 30.0 Å². The zero-order valence-corrected chi connectivity index (χ0v) is 21.3. The second kappa shape index (κ2) is 9.11. The van der Waals surface area contributed by atoms with E-state index in [2.05, 4.69) is 52.0 Å². The highest BCUT2D eigenvalue weighted by Crippen LogP contribution is 2.65. The van der Waals surface area contributed by atoms with Gasteiger partial charge in [-0.3, -0.25) is 0 Å². The molecule has 4 rings (SSSR count). The number of benzene rings is 1. The molecule has 0 unspecified atom stereocenters. The van der Waals surface area contributed by atoms with Gasteiger partial charge in [0.15, 0.2) is 0 Å². The number of ether oxygens (including phenoxy) is 2. The lowest BCUT2D eigenvalue weighted by Gasteiger charge is -2.43. The number of halogens is 1. The Morgan fingerprint density at radius 1 is 1.07 bits per heavy atom. The molecule has 1 aromatic carbocycles. The molecule has 30 heavy (non-hydrogen) atoms. The van der Waals surface area contributed by atoms with E-state index >= 15 is 0 Å². The largest absolute Gasteiger partial charge is 1.00 e. The molecular formula is C26H42BrNO2. The predicted octanol–water partition coefficient (Wildman–Crippen LogP) is 2.82. The van der Waals surface area contributed by atoms with Crippen molar-refractivity contribution in [1.82, 2.24) is 0 Å². The summed E-state index contributed by atoms with van der Waals surface area (Å²) in [6.45, 7) is 14.4. The van der Waals surface area contributed by atoms with Gasteiger partial charge in [-0.2, -0.15) is 0 Å². The van der Waals surface area contributed by atoms with Crippen molar-refractivity contribution in [2.45, 2.75) is 83.9 Å². The van der Waals surface area contributed by atoms with Crippen LogP contribution in [0.15, 0.2) is 24.3 Å². The summed E-state index contributed by atoms with van der Waals surface area (Å²) in [6, 6.07) is 8.80. The van der Waals surface area contributed by atoms with Crippen molar-refractivity contribution < 1.29 is 30.9 Å². The monoisotopic (exact) mass is 479 g/mol. The highest BCUT2D eigenvalue weighted by Gasteiger charge is 2.76. The normalized spacial score (nSPS) is 39.0. The van der Waals surface area contributed by atoms with Crippen LogP contribution in [0.25, 0.3) is 0 Å². The third-order valence-corrected chi connectivity index (χ3v) is 9.00. The van der Waals surface area contributed by atoms with Crippen molar-refractivity contribution in [3.8, 4) is 5.75 Å². The van der Waals surface area contributed by atoms with Crippen LogP contribution in [-0.4, -0.2) is 42.4 Å². The van der Waals surface area contributed by atoms with Crippen LogP contribution < -0.4 is 21.7 Å². The van der Waals surface area contributed by atoms with E-state index in [-0.39, 0.29) is 22.6 Å². The van der Waals surface area contributed by atoms with Crippen molar-refractivity contribution in [3.63, 3.8) is 0 Å². The Balaban J connectivity index is 0.00000256. The summed E-state index contributed by atoms with van der Waals surface area (Å²) in [4.78, 5) is 0. The second-order valence-corrected chi connectivity index (χ2v) is 10.7. The molecule has 6 atom stereocenters. The van der Waals surface area contributed by atoms with Gasteiger partial charge in [-0.1, -0.05) is 33.1 Å². The summed E-state index contributed by atoms with van der Waals surface area (Å²) in [5.41, 5.74) is 1.83. The quantitative estimate of drug-likeness (QED) is 0.400. The topological polar surface area (TPSA) is 18.5 Å². The number of methoxy groups -OCH3 is 1. The van der Waals surface area contributed by atoms with Crippen molar-refractivity contribution in [2.75, 3.05) is 26.8 Å². The molecule has 1 saturated carbocycles. The average Bonchev–Trinajstić information content (AvgIpc) is 3.23. The lowest BCUT2D eigenvalue weighted by molar-refractivity contribution is -0.967. The summed E-state index contributed by atoms with van der Waals surface area (Å²) >= 11 is 0. The van der Waals surface area contributed by atoms with Crippen LogP contribution in [-0.2, 0) is 11.3 Å². The van der Waals surface area contributed by atoms with Gasteiger partial charge in [-0.05, 0) is 57.4 Å². The molecule has 0 bridgehead atoms. The zero-order valence-electron chi connectivity index (χ0n) is 19.8. The molecule has 2 heterocycles. The maximum absolute atomic E-state index is 6.77. The molecule has 0 aromatic heterocycles. The van der Waals surface area contributed by atoms with Gasteiger partial charge in [0.25, 0.3) is 0 Å². The van der Waals surface area contributed by atoms with Gasteiger partial charge in [0, 0.05) is 29.9 Å². The molecule has 3 aliphatic rings. The molecule has 0 spiro atoms. The number of hydrogen-bond acceptors (Lipinski definition) is 2. The molecule has 2 saturated heterocycles. The van der Waals surface area contributed by atoms with Gasteiger partial charge in [0.2, 0.25) is 0 Å². The molecule has 3 nitrogen and oxygen atoms in total. The molecule has 3 fully saturated rings. The van der Waals surface area contributed by atoms with Crippen LogP contribution in [0.3, 0.4) is 0 Å². The minimum absolute atomic E-state index is 0. The Kier molecular flexibility index (Phi) is 7.31. The van der Waals surface area contributed by atoms with Gasteiger partial charge in [-0.25, -0.2) is 0 Å². The van der Waals surface area contributed by atoms with E-state index < -0.39 is 0 Å². The molecule has 2 aliphatic heterocycles. The molecular weight excluding hydrogens is 438 g/mol. The molecule has 0 N–H and O–H groups in total. The lowest BCUT2D eigenvalue weighted by atomic mass is 9.76. The summed E-state index contributed by atoms with van der Waals surface area (Å²) < 4.78 is 13.4. The maximum Gasteiger partial charge on any atom is 0.123 e. The van der Waals surface area contributed by atoms with Crippen LogP contribution >= 0.6 is 0 Å². The average molecular weight is 481 g/mol. The number of nitrogens with zero attached hydrogens (tertiary/aromatic N) is 1. The van der Waals surface area contributed by atoms with E-state index in [1.165, 1.54) is 61.7 Å². The van der Waals surface area contributed by atoms with Crippen molar-refractivity contribution in [3.05, 3.63) is 29.8 Å². The van der Waals surface area contributed by atoms with Crippen LogP contribution in [0.5, 0.6) is 5.75 Å². The third-order valence-electron chi connectivity index (χ3n) is 9.00. The molecule has 0 radical (unpaired) electrons. The molecule has 0 amide bonds. The van der Waals surface area contributed by atoms with Gasteiger partial charge in [0.05, 0.1) is 13.7 Å². The minimum Gasteiger partial charge on any atom is -1.00 e. The smallest absolute Gasteiger partial charge is 0.123 e. The number of rotatable bonds is 9. The Hall–Kier alpha value is -0.580. The van der Waals surface area contributed by atoms with Gasteiger partial charge < -0.3 is 30.9 Å². The summed E-state index contributed by atoms with van der Waals surface area (Å²) in [5, 5.41) is 0. The first-order chi connectivity index (χ1) is 13.9. The van der Waals surface area contributed by atoms with E-state index in [1.807, 2.05) is 0 Å². The highest BCUT2D eigenvalue weighted by molar-refractivity contribution is 5.27. The van der Waals surface area contributed by atoms with E-state index in [0.29, 0.717) is 11.5 Å². The van der Waals surface area contributed by atoms with Crippen LogP contribution in [0.1, 0.15) is 71.8 Å². The Labute approximate surface area is 194 Å². The van der Waals surface area contributed by atoms with Crippen LogP contribution in [0, 0.1) is 17.8 Å². The van der Waals surface area contributed by atoms with E-state index in [4.69, 9.17) is 9.47 Å². The summed E-state index contributed by atoms with van der Waals surface area (Å²) in [5.74, 6) is 3.30. The summed E-state index contributed by atoms with van der Waals surface area (Å²) in [7, 11) is 1.75. The van der Waals surface area contributed by atoms with Crippen molar-refractivity contribution in [2.24, 2.45) is 17.8 Å². The first-order valence-corrected chi connectivity index (χ1v) is 12.0. The van der Waals surface area contributed by atoms with E-state index in [9.17, 15) is 0 Å². The van der Waals surface area contributed by atoms with Gasteiger partial charge in [-0.15, -0.1) is 0 Å². The number of unbranched alkanes of at least 4 members (excludes halogenated alkanes) is 3. The Morgan fingerprint density at radius 2 is 1.80 bits per heavy atom. The SMILES string of the molecule is CCCCCCO[C@]1(C)C[N@+]2(Cc3ccc(OC)cc3)C[C@@H](C)[C@@H]3CC[C@H]1[C@@]32C.[Br-]. The van der Waals surface area contributed by atoms with Crippen molar-refractivity contribution >= 4 is 0 Å². The molecule has 1 aromatic rings.